The lowest BCUT2D eigenvalue weighted by molar-refractivity contribution is -0.138. The van der Waals surface area contributed by atoms with Gasteiger partial charge < -0.3 is 29.5 Å². The second-order valence-electron chi connectivity index (χ2n) is 5.97. The average Bonchev–Trinajstić information content (AvgIpc) is 2.60. The molecule has 1 fully saturated rings. The number of nitrogens with one attached hydrogen (secondary N) is 1. The fourth-order valence-corrected chi connectivity index (χ4v) is 2.43. The molecule has 1 heterocycles. The van der Waals surface area contributed by atoms with E-state index in [0.29, 0.717) is 25.2 Å². The third-order valence-electron chi connectivity index (χ3n) is 3.97. The molecule has 2 amide bonds. The number of aromatic hydroxyl groups is 1. The van der Waals surface area contributed by atoms with Gasteiger partial charge in [0.2, 0.25) is 5.91 Å². The van der Waals surface area contributed by atoms with Crippen LogP contribution in [0.5, 0.6) is 11.5 Å². The van der Waals surface area contributed by atoms with Crippen molar-refractivity contribution in [3.05, 3.63) is 23.8 Å². The zero-order valence-electron chi connectivity index (χ0n) is 14.7. The van der Waals surface area contributed by atoms with Crippen molar-refractivity contribution in [1.82, 2.24) is 10.2 Å². The van der Waals surface area contributed by atoms with E-state index in [1.807, 2.05) is 0 Å². The Hall–Kier alpha value is -2.32. The average molecular weight is 352 g/mol. The lowest BCUT2D eigenvalue weighted by atomic mass is 10.1. The van der Waals surface area contributed by atoms with E-state index in [0.717, 1.165) is 0 Å². The number of hydrogen-bond acceptors (Lipinski definition) is 6. The van der Waals surface area contributed by atoms with Crippen LogP contribution in [-0.4, -0.2) is 75.0 Å². The van der Waals surface area contributed by atoms with Crippen LogP contribution in [0.1, 0.15) is 16.8 Å². The molecular formula is C17H24N2O6. The number of benzene rings is 1. The molecule has 0 saturated carbocycles. The van der Waals surface area contributed by atoms with Crippen LogP contribution < -0.4 is 10.1 Å². The lowest BCUT2D eigenvalue weighted by Gasteiger charge is -2.32. The van der Waals surface area contributed by atoms with E-state index < -0.39 is 0 Å². The topological polar surface area (TPSA) is 97.3 Å². The van der Waals surface area contributed by atoms with Gasteiger partial charge in [-0.15, -0.1) is 0 Å². The molecule has 8 heteroatoms. The molecule has 0 bridgehead atoms. The van der Waals surface area contributed by atoms with Gasteiger partial charge in [0.1, 0.15) is 6.61 Å². The van der Waals surface area contributed by atoms with Crippen molar-refractivity contribution in [2.75, 3.05) is 41.0 Å². The molecule has 0 unspecified atom stereocenters. The number of carbonyl (C=O) groups excluding carboxylic acids is 2. The van der Waals surface area contributed by atoms with Gasteiger partial charge in [-0.25, -0.2) is 0 Å². The number of likely N-dealkylation sites (N-methyl/N-ethyl adjacent to an activating group) is 1. The Morgan fingerprint density at radius 3 is 2.84 bits per heavy atom. The Morgan fingerprint density at radius 2 is 2.16 bits per heavy atom. The van der Waals surface area contributed by atoms with Crippen molar-refractivity contribution in [2.45, 2.75) is 18.6 Å². The highest BCUT2D eigenvalue weighted by Gasteiger charge is 2.29. The molecule has 1 aromatic rings. The molecule has 0 radical (unpaired) electrons. The molecule has 1 aromatic carbocycles. The van der Waals surface area contributed by atoms with Crippen LogP contribution in [0.15, 0.2) is 18.2 Å². The predicted octanol–water partition coefficient (Wildman–Crippen LogP) is 0.393. The second kappa shape index (κ2) is 8.68. The largest absolute Gasteiger partial charge is 0.504 e. The van der Waals surface area contributed by atoms with Gasteiger partial charge in [0.05, 0.1) is 25.9 Å². The number of phenolic OH excluding ortho intramolecular Hbond substituents is 1. The first-order valence-electron chi connectivity index (χ1n) is 7.99. The zero-order valence-corrected chi connectivity index (χ0v) is 14.7. The van der Waals surface area contributed by atoms with Crippen molar-refractivity contribution in [2.24, 2.45) is 0 Å². The molecule has 0 spiro atoms. The molecule has 25 heavy (non-hydrogen) atoms. The third-order valence-corrected chi connectivity index (χ3v) is 3.97. The number of nitrogens with zero attached hydrogens (tertiary/aromatic N) is 1. The number of ether oxygens (including phenoxy) is 3. The lowest BCUT2D eigenvalue weighted by Crippen LogP contribution is -2.51. The number of amides is 2. The van der Waals surface area contributed by atoms with E-state index in [1.54, 1.807) is 14.1 Å². The fraction of sp³-hybridized carbons (Fsp3) is 0.529. The molecule has 1 aliphatic heterocycles. The molecule has 1 saturated heterocycles. The van der Waals surface area contributed by atoms with Gasteiger partial charge >= 0.3 is 0 Å². The van der Waals surface area contributed by atoms with E-state index in [9.17, 15) is 14.7 Å². The Labute approximate surface area is 146 Å². The SMILES string of the molecule is COc1cc(C(=O)N[C@@H]2COCC[C@@H]2OCC(=O)N(C)C)ccc1O. The summed E-state index contributed by atoms with van der Waals surface area (Å²) in [6, 6.07) is 3.99. The third kappa shape index (κ3) is 5.07. The summed E-state index contributed by atoms with van der Waals surface area (Å²) < 4.78 is 16.1. The van der Waals surface area contributed by atoms with E-state index >= 15 is 0 Å². The van der Waals surface area contributed by atoms with Crippen LogP contribution in [0.3, 0.4) is 0 Å². The minimum absolute atomic E-state index is 0.0385. The van der Waals surface area contributed by atoms with E-state index in [2.05, 4.69) is 5.32 Å². The van der Waals surface area contributed by atoms with Crippen molar-refractivity contribution < 1.29 is 28.9 Å². The van der Waals surface area contributed by atoms with Crippen molar-refractivity contribution in [3.8, 4) is 11.5 Å². The highest BCUT2D eigenvalue weighted by molar-refractivity contribution is 5.95. The zero-order chi connectivity index (χ0) is 18.4. The van der Waals surface area contributed by atoms with E-state index in [1.165, 1.54) is 30.2 Å². The van der Waals surface area contributed by atoms with Crippen molar-refractivity contribution in [1.29, 1.82) is 0 Å². The highest BCUT2D eigenvalue weighted by atomic mass is 16.5. The molecule has 0 aliphatic carbocycles. The monoisotopic (exact) mass is 352 g/mol. The van der Waals surface area contributed by atoms with Crippen LogP contribution in [0.4, 0.5) is 0 Å². The summed E-state index contributed by atoms with van der Waals surface area (Å²) in [4.78, 5) is 25.6. The normalized spacial score (nSPS) is 20.0. The molecular weight excluding hydrogens is 328 g/mol. The molecule has 1 aliphatic rings. The maximum atomic E-state index is 12.4. The summed E-state index contributed by atoms with van der Waals surface area (Å²) in [5.74, 6) is -0.290. The summed E-state index contributed by atoms with van der Waals surface area (Å²) in [6.45, 7) is 0.777. The molecule has 2 rings (SSSR count). The number of phenols is 1. The first-order valence-corrected chi connectivity index (χ1v) is 7.99. The number of hydrogen-bond donors (Lipinski definition) is 2. The van der Waals surface area contributed by atoms with Crippen LogP contribution in [0, 0.1) is 0 Å². The van der Waals surface area contributed by atoms with E-state index in [-0.39, 0.29) is 42.1 Å². The van der Waals surface area contributed by atoms with Gasteiger partial charge in [-0.1, -0.05) is 0 Å². The van der Waals surface area contributed by atoms with Gasteiger partial charge in [-0.3, -0.25) is 9.59 Å². The van der Waals surface area contributed by atoms with E-state index in [4.69, 9.17) is 14.2 Å². The number of carbonyl (C=O) groups is 2. The maximum Gasteiger partial charge on any atom is 0.251 e. The van der Waals surface area contributed by atoms with Crippen molar-refractivity contribution in [3.63, 3.8) is 0 Å². The van der Waals surface area contributed by atoms with Gasteiger partial charge in [0.25, 0.3) is 5.91 Å². The van der Waals surface area contributed by atoms with Crippen molar-refractivity contribution >= 4 is 11.8 Å². The predicted molar refractivity (Wildman–Crippen MR) is 89.8 cm³/mol. The summed E-state index contributed by atoms with van der Waals surface area (Å²) in [5, 5.41) is 12.5. The Bertz CT molecular complexity index is 619. The van der Waals surface area contributed by atoms with Crippen LogP contribution in [-0.2, 0) is 14.3 Å². The Kier molecular flexibility index (Phi) is 6.60. The Morgan fingerprint density at radius 1 is 1.40 bits per heavy atom. The first kappa shape index (κ1) is 19.0. The van der Waals surface area contributed by atoms with Crippen LogP contribution >= 0.6 is 0 Å². The standard InChI is InChI=1S/C17H24N2O6/c1-19(2)16(21)10-25-14-6-7-24-9-12(14)18-17(22)11-4-5-13(20)15(8-11)23-3/h4-5,8,12,14,20H,6-7,9-10H2,1-3H3,(H,18,22)/t12-,14+/m1/s1. The summed E-state index contributed by atoms with van der Waals surface area (Å²) >= 11 is 0. The molecule has 0 aromatic heterocycles. The minimum atomic E-state index is -0.365. The molecule has 138 valence electrons. The summed E-state index contributed by atoms with van der Waals surface area (Å²) in [7, 11) is 4.73. The molecule has 2 N–H and O–H groups in total. The fourth-order valence-electron chi connectivity index (χ4n) is 2.43. The summed E-state index contributed by atoms with van der Waals surface area (Å²) in [6.07, 6.45) is 0.283. The quantitative estimate of drug-likeness (QED) is 0.769. The smallest absolute Gasteiger partial charge is 0.251 e. The highest BCUT2D eigenvalue weighted by Crippen LogP contribution is 2.26. The molecule has 2 atom stereocenters. The van der Waals surface area contributed by atoms with Gasteiger partial charge in [-0.2, -0.15) is 0 Å². The molecule has 8 nitrogen and oxygen atoms in total. The minimum Gasteiger partial charge on any atom is -0.504 e. The second-order valence-corrected chi connectivity index (χ2v) is 5.97. The van der Waals surface area contributed by atoms with Crippen LogP contribution in [0.2, 0.25) is 0 Å². The van der Waals surface area contributed by atoms with Gasteiger partial charge in [0.15, 0.2) is 11.5 Å². The number of methoxy groups -OCH3 is 1. The maximum absolute atomic E-state index is 12.4. The van der Waals surface area contributed by atoms with Crippen LogP contribution in [0.25, 0.3) is 0 Å². The van der Waals surface area contributed by atoms with Gasteiger partial charge in [0, 0.05) is 26.3 Å². The Balaban J connectivity index is 2.00. The first-order chi connectivity index (χ1) is 11.9. The summed E-state index contributed by atoms with van der Waals surface area (Å²) in [5.41, 5.74) is 0.350. The number of rotatable bonds is 6. The van der Waals surface area contributed by atoms with Gasteiger partial charge in [-0.05, 0) is 24.6 Å².